The molecule has 0 radical (unpaired) electrons. The minimum atomic E-state index is -0.343. The molecular weight excluding hydrogens is 308 g/mol. The molecule has 0 saturated carbocycles. The Kier molecular flexibility index (Phi) is 3.97. The third-order valence-corrected chi connectivity index (χ3v) is 3.13. The standard InChI is InChI=1S/C12H8BrClFNO/c13-10-2-1-9(15)5-12(10)17-7-8-3-4-16-6-11(8)14/h1-6H,7H2. The molecule has 0 N–H and O–H groups in total. The van der Waals surface area contributed by atoms with E-state index in [2.05, 4.69) is 20.9 Å². The van der Waals surface area contributed by atoms with Crippen LogP contribution in [0.1, 0.15) is 5.56 Å². The van der Waals surface area contributed by atoms with Crippen LogP contribution in [0.2, 0.25) is 5.02 Å². The first-order chi connectivity index (χ1) is 8.16. The number of halogens is 3. The molecule has 0 unspecified atom stereocenters. The molecule has 0 bridgehead atoms. The molecule has 2 rings (SSSR count). The molecule has 0 atom stereocenters. The summed E-state index contributed by atoms with van der Waals surface area (Å²) >= 11 is 9.22. The summed E-state index contributed by atoms with van der Waals surface area (Å²) in [6, 6.07) is 6.03. The lowest BCUT2D eigenvalue weighted by Gasteiger charge is -2.09. The fourth-order valence-corrected chi connectivity index (χ4v) is 1.80. The molecule has 0 aliphatic heterocycles. The maximum atomic E-state index is 13.0. The Balaban J connectivity index is 2.12. The average molecular weight is 317 g/mol. The van der Waals surface area contributed by atoms with Crippen molar-refractivity contribution in [3.05, 3.63) is 57.5 Å². The Morgan fingerprint density at radius 2 is 2.18 bits per heavy atom. The summed E-state index contributed by atoms with van der Waals surface area (Å²) in [7, 11) is 0. The van der Waals surface area contributed by atoms with E-state index in [4.69, 9.17) is 16.3 Å². The third kappa shape index (κ3) is 3.17. The van der Waals surface area contributed by atoms with Gasteiger partial charge >= 0.3 is 0 Å². The van der Waals surface area contributed by atoms with Gasteiger partial charge in [-0.3, -0.25) is 4.98 Å². The summed E-state index contributed by atoms with van der Waals surface area (Å²) in [5.74, 6) is 0.0990. The molecule has 5 heteroatoms. The summed E-state index contributed by atoms with van der Waals surface area (Å²) in [6.45, 7) is 0.267. The van der Waals surface area contributed by atoms with Crippen LogP contribution in [0, 0.1) is 5.82 Å². The van der Waals surface area contributed by atoms with Gasteiger partial charge in [0.05, 0.1) is 9.50 Å². The van der Waals surface area contributed by atoms with Crippen LogP contribution in [-0.4, -0.2) is 4.98 Å². The predicted octanol–water partition coefficient (Wildman–Crippen LogP) is 4.22. The quantitative estimate of drug-likeness (QED) is 0.846. The number of ether oxygens (including phenoxy) is 1. The Morgan fingerprint density at radius 3 is 2.94 bits per heavy atom. The molecule has 0 aliphatic rings. The second-order valence-electron chi connectivity index (χ2n) is 3.33. The van der Waals surface area contributed by atoms with E-state index >= 15 is 0 Å². The van der Waals surface area contributed by atoms with Crippen molar-refractivity contribution in [1.29, 1.82) is 0 Å². The van der Waals surface area contributed by atoms with Gasteiger partial charge in [-0.25, -0.2) is 4.39 Å². The number of benzene rings is 1. The molecule has 2 aromatic rings. The van der Waals surface area contributed by atoms with Crippen LogP contribution in [0.3, 0.4) is 0 Å². The zero-order valence-electron chi connectivity index (χ0n) is 8.66. The minimum absolute atomic E-state index is 0.267. The largest absolute Gasteiger partial charge is 0.488 e. The van der Waals surface area contributed by atoms with E-state index < -0.39 is 0 Å². The second-order valence-corrected chi connectivity index (χ2v) is 4.59. The number of aromatic nitrogens is 1. The van der Waals surface area contributed by atoms with Crippen LogP contribution in [0.25, 0.3) is 0 Å². The predicted molar refractivity (Wildman–Crippen MR) is 67.7 cm³/mol. The minimum Gasteiger partial charge on any atom is -0.488 e. The van der Waals surface area contributed by atoms with Crippen molar-refractivity contribution in [2.45, 2.75) is 6.61 Å². The average Bonchev–Trinajstić information content (AvgIpc) is 2.32. The fourth-order valence-electron chi connectivity index (χ4n) is 1.26. The molecule has 0 aliphatic carbocycles. The molecule has 0 spiro atoms. The molecule has 0 saturated heterocycles. The number of rotatable bonds is 3. The Labute approximate surface area is 112 Å². The van der Waals surface area contributed by atoms with Gasteiger partial charge in [-0.2, -0.15) is 0 Å². The Morgan fingerprint density at radius 1 is 1.35 bits per heavy atom. The van der Waals surface area contributed by atoms with Gasteiger partial charge in [0.2, 0.25) is 0 Å². The highest BCUT2D eigenvalue weighted by Gasteiger charge is 2.05. The van der Waals surface area contributed by atoms with Gasteiger partial charge < -0.3 is 4.74 Å². The van der Waals surface area contributed by atoms with Crippen LogP contribution in [0.5, 0.6) is 5.75 Å². The molecule has 17 heavy (non-hydrogen) atoms. The first-order valence-corrected chi connectivity index (χ1v) is 6.00. The lowest BCUT2D eigenvalue weighted by atomic mass is 10.3. The molecule has 0 fully saturated rings. The van der Waals surface area contributed by atoms with Gasteiger partial charge in [0.25, 0.3) is 0 Å². The fraction of sp³-hybridized carbons (Fsp3) is 0.0833. The van der Waals surface area contributed by atoms with E-state index in [0.717, 1.165) is 5.56 Å². The SMILES string of the molecule is Fc1ccc(Br)c(OCc2ccncc2Cl)c1. The summed E-state index contributed by atoms with van der Waals surface area (Å²) in [4.78, 5) is 3.87. The maximum absolute atomic E-state index is 13.0. The van der Waals surface area contributed by atoms with Crippen LogP contribution in [-0.2, 0) is 6.61 Å². The topological polar surface area (TPSA) is 22.1 Å². The van der Waals surface area contributed by atoms with Gasteiger partial charge in [-0.05, 0) is 34.1 Å². The highest BCUT2D eigenvalue weighted by Crippen LogP contribution is 2.27. The van der Waals surface area contributed by atoms with Crippen LogP contribution in [0.15, 0.2) is 41.1 Å². The molecule has 2 nitrogen and oxygen atoms in total. The number of hydrogen-bond donors (Lipinski definition) is 0. The number of nitrogens with zero attached hydrogens (tertiary/aromatic N) is 1. The van der Waals surface area contributed by atoms with E-state index in [1.807, 2.05) is 0 Å². The van der Waals surface area contributed by atoms with Crippen molar-refractivity contribution >= 4 is 27.5 Å². The zero-order valence-corrected chi connectivity index (χ0v) is 11.0. The van der Waals surface area contributed by atoms with Crippen molar-refractivity contribution < 1.29 is 9.13 Å². The van der Waals surface area contributed by atoms with Crippen molar-refractivity contribution in [1.82, 2.24) is 4.98 Å². The van der Waals surface area contributed by atoms with Crippen molar-refractivity contribution in [3.8, 4) is 5.75 Å². The highest BCUT2D eigenvalue weighted by atomic mass is 79.9. The van der Waals surface area contributed by atoms with Crippen molar-refractivity contribution in [2.24, 2.45) is 0 Å². The molecule has 1 heterocycles. The van der Waals surface area contributed by atoms with Crippen LogP contribution >= 0.6 is 27.5 Å². The number of hydrogen-bond acceptors (Lipinski definition) is 2. The van der Waals surface area contributed by atoms with Crippen LogP contribution < -0.4 is 4.74 Å². The number of pyridine rings is 1. The monoisotopic (exact) mass is 315 g/mol. The highest BCUT2D eigenvalue weighted by molar-refractivity contribution is 9.10. The van der Waals surface area contributed by atoms with E-state index in [-0.39, 0.29) is 12.4 Å². The summed E-state index contributed by atoms with van der Waals surface area (Å²) in [6.07, 6.45) is 3.17. The Hall–Kier alpha value is -1.13. The molecular formula is C12H8BrClFNO. The van der Waals surface area contributed by atoms with Gasteiger partial charge in [0.15, 0.2) is 0 Å². The Bertz CT molecular complexity index is 536. The van der Waals surface area contributed by atoms with Gasteiger partial charge in [0.1, 0.15) is 18.2 Å². The summed E-state index contributed by atoms with van der Waals surface area (Å²) in [5.41, 5.74) is 0.804. The zero-order chi connectivity index (χ0) is 12.3. The lowest BCUT2D eigenvalue weighted by Crippen LogP contribution is -1.97. The molecule has 88 valence electrons. The molecule has 1 aromatic carbocycles. The molecule has 1 aromatic heterocycles. The van der Waals surface area contributed by atoms with Gasteiger partial charge in [0, 0.05) is 24.0 Å². The van der Waals surface area contributed by atoms with Crippen molar-refractivity contribution in [3.63, 3.8) is 0 Å². The third-order valence-electron chi connectivity index (χ3n) is 2.13. The normalized spacial score (nSPS) is 10.3. The second kappa shape index (κ2) is 5.47. The van der Waals surface area contributed by atoms with Crippen molar-refractivity contribution in [2.75, 3.05) is 0 Å². The summed E-state index contributed by atoms with van der Waals surface area (Å²) < 4.78 is 19.2. The van der Waals surface area contributed by atoms with E-state index in [0.29, 0.717) is 15.2 Å². The smallest absolute Gasteiger partial charge is 0.136 e. The van der Waals surface area contributed by atoms with E-state index in [1.54, 1.807) is 24.5 Å². The van der Waals surface area contributed by atoms with E-state index in [9.17, 15) is 4.39 Å². The van der Waals surface area contributed by atoms with Gasteiger partial charge in [-0.1, -0.05) is 11.6 Å². The maximum Gasteiger partial charge on any atom is 0.136 e. The van der Waals surface area contributed by atoms with E-state index in [1.165, 1.54) is 12.1 Å². The van der Waals surface area contributed by atoms with Crippen LogP contribution in [0.4, 0.5) is 4.39 Å². The first kappa shape index (κ1) is 12.3. The lowest BCUT2D eigenvalue weighted by molar-refractivity contribution is 0.302. The first-order valence-electron chi connectivity index (χ1n) is 4.83. The van der Waals surface area contributed by atoms with Gasteiger partial charge in [-0.15, -0.1) is 0 Å². The molecule has 0 amide bonds. The summed E-state index contributed by atoms with van der Waals surface area (Å²) in [5, 5.41) is 0.528.